The SMILES string of the molecule is CCCc1cccc(S(=O)(=O)NN(C(=O)C(=O)CCOC(=O)NCc2ccccc2)C(N)(O)c2ccccc2)c1. The van der Waals surface area contributed by atoms with Gasteiger partial charge in [-0.15, -0.1) is 4.83 Å². The van der Waals surface area contributed by atoms with Crippen LogP contribution in [0.1, 0.15) is 36.5 Å². The Morgan fingerprint density at radius 1 is 0.950 bits per heavy atom. The Balaban J connectivity index is 1.74. The van der Waals surface area contributed by atoms with Crippen LogP contribution in [0.15, 0.2) is 89.8 Å². The molecule has 0 aliphatic carbocycles. The first-order valence-corrected chi connectivity index (χ1v) is 14.0. The summed E-state index contributed by atoms with van der Waals surface area (Å²) in [6, 6.07) is 22.5. The van der Waals surface area contributed by atoms with Crippen LogP contribution in [0.2, 0.25) is 0 Å². The monoisotopic (exact) mass is 568 g/mol. The molecule has 11 nitrogen and oxygen atoms in total. The molecule has 40 heavy (non-hydrogen) atoms. The Kier molecular flexibility index (Phi) is 10.5. The van der Waals surface area contributed by atoms with Gasteiger partial charge in [0.15, 0.2) is 0 Å². The molecule has 0 spiro atoms. The number of sulfonamides is 1. The van der Waals surface area contributed by atoms with Crippen LogP contribution in [0.4, 0.5) is 4.79 Å². The number of hydrogen-bond acceptors (Lipinski definition) is 8. The van der Waals surface area contributed by atoms with Crippen LogP contribution in [0.3, 0.4) is 0 Å². The van der Waals surface area contributed by atoms with E-state index in [1.54, 1.807) is 30.3 Å². The first kappa shape index (κ1) is 30.4. The molecule has 1 atom stereocenters. The number of hydrogen-bond donors (Lipinski definition) is 4. The number of nitrogens with two attached hydrogens (primary N) is 1. The van der Waals surface area contributed by atoms with E-state index in [-0.39, 0.29) is 22.0 Å². The number of aryl methyl sites for hydroxylation is 1. The Hall–Kier alpha value is -4.10. The molecule has 3 aromatic rings. The Morgan fingerprint density at radius 3 is 2.23 bits per heavy atom. The third kappa shape index (κ3) is 8.20. The van der Waals surface area contributed by atoms with Gasteiger partial charge in [0.05, 0.1) is 11.3 Å². The van der Waals surface area contributed by atoms with E-state index < -0.39 is 46.7 Å². The number of hydrazine groups is 1. The van der Waals surface area contributed by atoms with Crippen molar-refractivity contribution in [2.24, 2.45) is 5.73 Å². The predicted octanol–water partition coefficient (Wildman–Crippen LogP) is 2.31. The van der Waals surface area contributed by atoms with E-state index >= 15 is 0 Å². The number of benzene rings is 3. The van der Waals surface area contributed by atoms with Gasteiger partial charge in [-0.2, -0.15) is 0 Å². The average molecular weight is 569 g/mol. The zero-order valence-electron chi connectivity index (χ0n) is 21.9. The van der Waals surface area contributed by atoms with Gasteiger partial charge < -0.3 is 15.2 Å². The summed E-state index contributed by atoms with van der Waals surface area (Å²) in [5, 5.41) is 13.8. The number of rotatable bonds is 13. The van der Waals surface area contributed by atoms with Crippen LogP contribution in [0.5, 0.6) is 0 Å². The van der Waals surface area contributed by atoms with Gasteiger partial charge in [-0.1, -0.05) is 86.1 Å². The molecule has 0 aromatic heterocycles. The second-order valence-corrected chi connectivity index (χ2v) is 10.5. The molecule has 0 fully saturated rings. The zero-order chi connectivity index (χ0) is 29.2. The number of amides is 2. The van der Waals surface area contributed by atoms with Crippen molar-refractivity contribution in [3.63, 3.8) is 0 Å². The lowest BCUT2D eigenvalue weighted by atomic mass is 10.1. The number of nitrogens with one attached hydrogen (secondary N) is 2. The maximum atomic E-state index is 13.2. The summed E-state index contributed by atoms with van der Waals surface area (Å²) < 4.78 is 31.4. The van der Waals surface area contributed by atoms with E-state index in [1.165, 1.54) is 36.4 Å². The number of carbonyl (C=O) groups excluding carboxylic acids is 3. The van der Waals surface area contributed by atoms with Crippen molar-refractivity contribution in [1.29, 1.82) is 0 Å². The van der Waals surface area contributed by atoms with E-state index in [1.807, 2.05) is 30.0 Å². The standard InChI is InChI=1S/C28H32N4O7S/c1-2-10-21-13-9-16-24(19-21)40(37,38)31-32(28(29,36)23-14-7-4-8-15-23)26(34)25(33)17-18-39-27(35)30-20-22-11-5-3-6-12-22/h3-9,11-16,19,31,36H,2,10,17-18,20,29H2,1H3,(H,30,35). The smallest absolute Gasteiger partial charge is 0.407 e. The van der Waals surface area contributed by atoms with Crippen molar-refractivity contribution in [2.75, 3.05) is 6.61 Å². The first-order valence-electron chi connectivity index (χ1n) is 12.5. The largest absolute Gasteiger partial charge is 0.449 e. The molecular formula is C28H32N4O7S. The maximum absolute atomic E-state index is 13.2. The van der Waals surface area contributed by atoms with Crippen LogP contribution in [-0.2, 0) is 43.2 Å². The fourth-order valence-corrected chi connectivity index (χ4v) is 4.83. The minimum absolute atomic E-state index is 0.0601. The number of aliphatic hydroxyl groups is 1. The molecule has 12 heteroatoms. The second kappa shape index (κ2) is 13.8. The molecule has 5 N–H and O–H groups in total. The van der Waals surface area contributed by atoms with E-state index in [9.17, 15) is 27.9 Å². The Bertz CT molecular complexity index is 1410. The molecule has 212 valence electrons. The lowest BCUT2D eigenvalue weighted by molar-refractivity contribution is -0.172. The summed E-state index contributed by atoms with van der Waals surface area (Å²) in [6.07, 6.45) is -0.00638. The topological polar surface area (TPSA) is 168 Å². The number of nitrogens with zero attached hydrogens (tertiary/aromatic N) is 1. The quantitative estimate of drug-likeness (QED) is 0.138. The van der Waals surface area contributed by atoms with E-state index in [2.05, 4.69) is 5.32 Å². The molecule has 3 rings (SSSR count). The summed E-state index contributed by atoms with van der Waals surface area (Å²) in [4.78, 5) is 39.7. The number of ether oxygens (including phenoxy) is 1. The van der Waals surface area contributed by atoms with Crippen LogP contribution in [0, 0.1) is 0 Å². The highest BCUT2D eigenvalue weighted by atomic mass is 32.2. The molecule has 0 aliphatic rings. The number of alkyl carbamates (subject to hydrolysis) is 1. The third-order valence-corrected chi connectivity index (χ3v) is 7.08. The lowest BCUT2D eigenvalue weighted by Gasteiger charge is -2.35. The first-order chi connectivity index (χ1) is 19.0. The van der Waals surface area contributed by atoms with Crippen molar-refractivity contribution in [3.8, 4) is 0 Å². The van der Waals surface area contributed by atoms with Crippen molar-refractivity contribution in [2.45, 2.75) is 43.5 Å². The predicted molar refractivity (Wildman–Crippen MR) is 146 cm³/mol. The van der Waals surface area contributed by atoms with Crippen LogP contribution >= 0.6 is 0 Å². The molecule has 2 amide bonds. The summed E-state index contributed by atoms with van der Waals surface area (Å²) >= 11 is 0. The van der Waals surface area contributed by atoms with Gasteiger partial charge in [0.1, 0.15) is 6.61 Å². The Labute approximate surface area is 233 Å². The molecule has 0 aliphatic heterocycles. The van der Waals surface area contributed by atoms with Gasteiger partial charge >= 0.3 is 12.0 Å². The average Bonchev–Trinajstić information content (AvgIpc) is 2.95. The van der Waals surface area contributed by atoms with E-state index in [4.69, 9.17) is 10.5 Å². The molecule has 0 saturated heterocycles. The number of Topliss-reactive ketones (excluding diaryl/α,β-unsaturated/α-hetero) is 1. The van der Waals surface area contributed by atoms with E-state index in [0.29, 0.717) is 6.42 Å². The molecule has 0 saturated carbocycles. The molecule has 0 heterocycles. The minimum atomic E-state index is -4.47. The number of ketones is 1. The van der Waals surface area contributed by atoms with Gasteiger partial charge in [0, 0.05) is 12.1 Å². The van der Waals surface area contributed by atoms with Gasteiger partial charge in [0.25, 0.3) is 10.0 Å². The molecule has 0 bridgehead atoms. The van der Waals surface area contributed by atoms with Crippen molar-refractivity contribution in [1.82, 2.24) is 15.2 Å². The molecule has 3 aromatic carbocycles. The van der Waals surface area contributed by atoms with Gasteiger partial charge in [0.2, 0.25) is 11.6 Å². The van der Waals surface area contributed by atoms with Gasteiger partial charge in [-0.05, 0) is 29.7 Å². The van der Waals surface area contributed by atoms with Crippen LogP contribution in [0.25, 0.3) is 0 Å². The number of carbonyl (C=O) groups is 3. The zero-order valence-corrected chi connectivity index (χ0v) is 22.8. The van der Waals surface area contributed by atoms with E-state index in [0.717, 1.165) is 17.5 Å². The summed E-state index contributed by atoms with van der Waals surface area (Å²) in [5.74, 6) is -5.34. The van der Waals surface area contributed by atoms with Gasteiger partial charge in [-0.3, -0.25) is 15.3 Å². The van der Waals surface area contributed by atoms with Crippen molar-refractivity contribution < 1.29 is 32.6 Å². The van der Waals surface area contributed by atoms with Crippen LogP contribution < -0.4 is 15.9 Å². The van der Waals surface area contributed by atoms with Crippen molar-refractivity contribution >= 4 is 27.8 Å². The summed E-state index contributed by atoms with van der Waals surface area (Å²) in [7, 11) is -4.47. The maximum Gasteiger partial charge on any atom is 0.407 e. The summed E-state index contributed by atoms with van der Waals surface area (Å²) in [5.41, 5.74) is 7.56. The van der Waals surface area contributed by atoms with Gasteiger partial charge in [-0.25, -0.2) is 18.2 Å². The normalized spacial score (nSPS) is 12.7. The molecule has 1 unspecified atom stereocenters. The highest BCUT2D eigenvalue weighted by Gasteiger charge is 2.41. The Morgan fingerprint density at radius 2 is 1.57 bits per heavy atom. The lowest BCUT2D eigenvalue weighted by Crippen LogP contribution is -2.64. The van der Waals surface area contributed by atoms with Crippen molar-refractivity contribution in [3.05, 3.63) is 102 Å². The fraction of sp³-hybridized carbons (Fsp3) is 0.250. The fourth-order valence-electron chi connectivity index (χ4n) is 3.70. The highest BCUT2D eigenvalue weighted by molar-refractivity contribution is 7.89. The molecular weight excluding hydrogens is 536 g/mol. The van der Waals surface area contributed by atoms with Crippen LogP contribution in [-0.4, -0.2) is 42.9 Å². The summed E-state index contributed by atoms with van der Waals surface area (Å²) in [6.45, 7) is 1.66. The minimum Gasteiger partial charge on any atom is -0.449 e. The highest BCUT2D eigenvalue weighted by Crippen LogP contribution is 2.22. The molecule has 0 radical (unpaired) electrons. The third-order valence-electron chi connectivity index (χ3n) is 5.78. The second-order valence-electron chi connectivity index (χ2n) is 8.87.